The second-order valence-electron chi connectivity index (χ2n) is 1.08. The Hall–Kier alpha value is 0.359. The number of rotatable bonds is 1. The van der Waals surface area contributed by atoms with Gasteiger partial charge in [0, 0.05) is 24.1 Å². The van der Waals surface area contributed by atoms with Crippen LogP contribution < -0.4 is 0 Å². The molecule has 0 aromatic heterocycles. The van der Waals surface area contributed by atoms with E-state index in [0.717, 1.165) is 5.01 Å². The van der Waals surface area contributed by atoms with Crippen molar-refractivity contribution in [1.29, 1.82) is 0 Å². The van der Waals surface area contributed by atoms with Gasteiger partial charge in [-0.25, -0.2) is 5.01 Å². The fourth-order valence-electron chi connectivity index (χ4n) is 0.165. The van der Waals surface area contributed by atoms with Crippen LogP contribution in [-0.2, 0) is 17.1 Å². The molecule has 0 saturated carbocycles. The standard InChI is InChI=1S/C3H6N2OS2.Fe/c1-5(4-6)3(7)8-2;/h1-2H3;. The number of nitrogens with zero attached hydrogens (tertiary/aromatic N) is 2. The number of nitroso groups, excluding NO2 is 1. The van der Waals surface area contributed by atoms with Gasteiger partial charge in [-0.2, -0.15) is 0 Å². The van der Waals surface area contributed by atoms with Gasteiger partial charge in [-0.05, 0) is 6.26 Å². The molecule has 0 rings (SSSR count). The van der Waals surface area contributed by atoms with Gasteiger partial charge in [0.15, 0.2) is 4.32 Å². The predicted octanol–water partition coefficient (Wildman–Crippen LogP) is 1.24. The molecule has 6 heteroatoms. The summed E-state index contributed by atoms with van der Waals surface area (Å²) in [7, 11) is 1.52. The van der Waals surface area contributed by atoms with Crippen LogP contribution in [0.25, 0.3) is 0 Å². The monoisotopic (exact) mass is 206 g/mol. The van der Waals surface area contributed by atoms with Crippen molar-refractivity contribution in [3.63, 3.8) is 0 Å². The third-order valence-electron chi connectivity index (χ3n) is 0.561. The molecule has 0 unspecified atom stereocenters. The summed E-state index contributed by atoms with van der Waals surface area (Å²) in [6, 6.07) is 0. The summed E-state index contributed by atoms with van der Waals surface area (Å²) in [6.07, 6.45) is 1.80. The van der Waals surface area contributed by atoms with E-state index in [2.05, 4.69) is 17.5 Å². The minimum absolute atomic E-state index is 0. The van der Waals surface area contributed by atoms with Gasteiger partial charge in [-0.1, -0.05) is 24.0 Å². The Morgan fingerprint density at radius 2 is 2.22 bits per heavy atom. The van der Waals surface area contributed by atoms with Crippen LogP contribution in [0.4, 0.5) is 0 Å². The van der Waals surface area contributed by atoms with Gasteiger partial charge in [-0.15, -0.1) is 4.91 Å². The summed E-state index contributed by atoms with van der Waals surface area (Å²) in [6.45, 7) is 0. The molecular formula is C3H6FeN2OS2. The van der Waals surface area contributed by atoms with Crippen molar-refractivity contribution in [2.24, 2.45) is 5.29 Å². The Morgan fingerprint density at radius 1 is 1.78 bits per heavy atom. The van der Waals surface area contributed by atoms with E-state index in [4.69, 9.17) is 0 Å². The van der Waals surface area contributed by atoms with Gasteiger partial charge in [0.1, 0.15) is 0 Å². The van der Waals surface area contributed by atoms with Crippen LogP contribution in [0.3, 0.4) is 0 Å². The average Bonchev–Trinajstić information content (AvgIpc) is 1.84. The largest absolute Gasteiger partial charge is 0.215 e. The topological polar surface area (TPSA) is 32.7 Å². The van der Waals surface area contributed by atoms with Crippen molar-refractivity contribution < 1.29 is 17.1 Å². The minimum atomic E-state index is 0. The maximum absolute atomic E-state index is 9.68. The quantitative estimate of drug-likeness (QED) is 0.279. The molecule has 0 fully saturated rings. The Balaban J connectivity index is 0. The molecule has 0 aliphatic carbocycles. The van der Waals surface area contributed by atoms with Gasteiger partial charge in [-0.3, -0.25) is 0 Å². The van der Waals surface area contributed by atoms with Crippen molar-refractivity contribution in [3.8, 4) is 0 Å². The average molecular weight is 206 g/mol. The molecule has 0 bridgehead atoms. The zero-order valence-corrected chi connectivity index (χ0v) is 7.71. The molecular weight excluding hydrogens is 200 g/mol. The normalized spacial score (nSPS) is 7.33. The molecule has 0 aromatic carbocycles. The van der Waals surface area contributed by atoms with E-state index >= 15 is 0 Å². The molecule has 0 aliphatic rings. The van der Waals surface area contributed by atoms with Crippen molar-refractivity contribution >= 4 is 28.3 Å². The fraction of sp³-hybridized carbons (Fsp3) is 0.667. The van der Waals surface area contributed by atoms with E-state index in [1.807, 2.05) is 0 Å². The Morgan fingerprint density at radius 3 is 2.33 bits per heavy atom. The zero-order valence-electron chi connectivity index (χ0n) is 4.97. The third-order valence-corrected chi connectivity index (χ3v) is 1.94. The van der Waals surface area contributed by atoms with Crippen LogP contribution in [0, 0.1) is 4.91 Å². The summed E-state index contributed by atoms with van der Waals surface area (Å²) >= 11 is 5.99. The van der Waals surface area contributed by atoms with Gasteiger partial charge >= 0.3 is 0 Å². The molecule has 0 N–H and O–H groups in total. The number of thiocarbonyl (C=S) groups is 1. The van der Waals surface area contributed by atoms with Crippen LogP contribution in [0.2, 0.25) is 0 Å². The molecule has 0 aliphatic heterocycles. The first-order valence-corrected chi connectivity index (χ1v) is 3.50. The van der Waals surface area contributed by atoms with Crippen molar-refractivity contribution in [2.45, 2.75) is 0 Å². The first-order chi connectivity index (χ1) is 3.72. The summed E-state index contributed by atoms with van der Waals surface area (Å²) in [4.78, 5) is 9.68. The second kappa shape index (κ2) is 6.48. The number of thioether (sulfide) groups is 1. The summed E-state index contributed by atoms with van der Waals surface area (Å²) in [5.74, 6) is 0. The maximum atomic E-state index is 9.68. The van der Waals surface area contributed by atoms with Gasteiger partial charge in [0.2, 0.25) is 0 Å². The Labute approximate surface area is 74.0 Å². The van der Waals surface area contributed by atoms with Gasteiger partial charge in [0.25, 0.3) is 0 Å². The molecule has 0 saturated heterocycles. The fourth-order valence-corrected chi connectivity index (χ4v) is 0.496. The number of hydrogen-bond donors (Lipinski definition) is 0. The smallest absolute Gasteiger partial charge is 0.159 e. The second-order valence-corrected chi connectivity index (χ2v) is 2.52. The molecule has 0 amide bonds. The van der Waals surface area contributed by atoms with Crippen LogP contribution in [0.15, 0.2) is 5.29 Å². The summed E-state index contributed by atoms with van der Waals surface area (Å²) in [5.41, 5.74) is 0. The SMILES string of the molecule is CSC(=S)N(C)N=O.[Fe]. The Kier molecular flexibility index (Phi) is 8.69. The molecule has 0 radical (unpaired) electrons. The van der Waals surface area contributed by atoms with E-state index < -0.39 is 0 Å². The summed E-state index contributed by atoms with van der Waals surface area (Å²) in [5, 5.41) is 3.69. The molecule has 3 nitrogen and oxygen atoms in total. The molecule has 0 aromatic rings. The number of hydrogen-bond acceptors (Lipinski definition) is 4. The Bertz CT molecular complexity index is 110. The van der Waals surface area contributed by atoms with E-state index in [9.17, 15) is 4.91 Å². The molecule has 0 heterocycles. The first kappa shape index (κ1) is 12.1. The molecule has 9 heavy (non-hydrogen) atoms. The minimum Gasteiger partial charge on any atom is -0.215 e. The summed E-state index contributed by atoms with van der Waals surface area (Å²) < 4.78 is 0.486. The van der Waals surface area contributed by atoms with Gasteiger partial charge in [0.05, 0.1) is 5.29 Å². The van der Waals surface area contributed by atoms with Crippen LogP contribution >= 0.6 is 24.0 Å². The van der Waals surface area contributed by atoms with Crippen molar-refractivity contribution in [3.05, 3.63) is 4.91 Å². The first-order valence-electron chi connectivity index (χ1n) is 1.87. The predicted molar refractivity (Wildman–Crippen MR) is 39.7 cm³/mol. The van der Waals surface area contributed by atoms with Crippen LogP contribution in [-0.4, -0.2) is 22.6 Å². The molecule has 54 valence electrons. The molecule has 0 atom stereocenters. The van der Waals surface area contributed by atoms with E-state index in [0.29, 0.717) is 4.32 Å². The molecule has 0 spiro atoms. The van der Waals surface area contributed by atoms with E-state index in [1.54, 1.807) is 6.26 Å². The van der Waals surface area contributed by atoms with E-state index in [1.165, 1.54) is 18.8 Å². The van der Waals surface area contributed by atoms with Gasteiger partial charge < -0.3 is 0 Å². The van der Waals surface area contributed by atoms with Crippen LogP contribution in [0.1, 0.15) is 0 Å². The van der Waals surface area contributed by atoms with E-state index in [-0.39, 0.29) is 17.1 Å². The van der Waals surface area contributed by atoms with Crippen LogP contribution in [0.5, 0.6) is 0 Å². The van der Waals surface area contributed by atoms with Crippen molar-refractivity contribution in [1.82, 2.24) is 5.01 Å². The van der Waals surface area contributed by atoms with Crippen molar-refractivity contribution in [2.75, 3.05) is 13.3 Å². The third kappa shape index (κ3) is 4.84. The maximum Gasteiger partial charge on any atom is 0.159 e. The zero-order chi connectivity index (χ0) is 6.57.